The highest BCUT2D eigenvalue weighted by Gasteiger charge is 2.17. The third-order valence-electron chi connectivity index (χ3n) is 2.45. The highest BCUT2D eigenvalue weighted by molar-refractivity contribution is 7.89. The second kappa shape index (κ2) is 7.48. The van der Waals surface area contributed by atoms with Gasteiger partial charge in [0.1, 0.15) is 0 Å². The van der Waals surface area contributed by atoms with Crippen LogP contribution in [0.1, 0.15) is 12.5 Å². The Morgan fingerprint density at radius 2 is 1.95 bits per heavy atom. The number of hydrogen-bond donors (Lipinski definition) is 2. The van der Waals surface area contributed by atoms with Crippen LogP contribution in [0.2, 0.25) is 0 Å². The molecule has 0 saturated heterocycles. The van der Waals surface area contributed by atoms with E-state index in [-0.39, 0.29) is 10.6 Å². The molecule has 0 saturated carbocycles. The van der Waals surface area contributed by atoms with E-state index in [0.717, 1.165) is 6.08 Å². The number of carboxylic acids is 1. The van der Waals surface area contributed by atoms with E-state index in [9.17, 15) is 17.4 Å². The Kier molecular flexibility index (Phi) is 6.25. The Morgan fingerprint density at radius 3 is 2.43 bits per heavy atom. The zero-order chi connectivity index (χ0) is 16.0. The fourth-order valence-corrected chi connectivity index (χ4v) is 3.78. The van der Waals surface area contributed by atoms with Crippen LogP contribution in [0, 0.1) is 0 Å². The lowest BCUT2D eigenvalue weighted by Crippen LogP contribution is -2.36. The number of sulfonamides is 1. The fourth-order valence-electron chi connectivity index (χ4n) is 1.64. The Morgan fingerprint density at radius 1 is 1.38 bits per heavy atom. The molecule has 0 aliphatic carbocycles. The van der Waals surface area contributed by atoms with Crippen LogP contribution in [0.4, 0.5) is 0 Å². The maximum atomic E-state index is 12.1. The third-order valence-corrected chi connectivity index (χ3v) is 5.02. The summed E-state index contributed by atoms with van der Waals surface area (Å²) in [5, 5.41) is 8.51. The van der Waals surface area contributed by atoms with E-state index in [0.29, 0.717) is 5.56 Å². The summed E-state index contributed by atoms with van der Waals surface area (Å²) in [5.41, 5.74) is 0.582. The van der Waals surface area contributed by atoms with Gasteiger partial charge in [0.25, 0.3) is 0 Å². The predicted molar refractivity (Wildman–Crippen MR) is 81.8 cm³/mol. The second-order valence-electron chi connectivity index (χ2n) is 4.50. The van der Waals surface area contributed by atoms with Crippen LogP contribution in [0.25, 0.3) is 6.08 Å². The maximum absolute atomic E-state index is 12.1. The fraction of sp³-hybridized carbons (Fsp3) is 0.308. The first-order valence-corrected chi connectivity index (χ1v) is 9.25. The van der Waals surface area contributed by atoms with E-state index in [1.165, 1.54) is 36.6 Å². The van der Waals surface area contributed by atoms with E-state index in [1.807, 2.05) is 0 Å². The number of carbonyl (C=O) groups is 1. The first-order chi connectivity index (χ1) is 9.70. The zero-order valence-corrected chi connectivity index (χ0v) is 13.3. The highest BCUT2D eigenvalue weighted by atomic mass is 32.2. The quantitative estimate of drug-likeness (QED) is 0.721. The van der Waals surface area contributed by atoms with Gasteiger partial charge in [0.2, 0.25) is 10.0 Å². The molecule has 1 aromatic rings. The predicted octanol–water partition coefficient (Wildman–Crippen LogP) is 0.830. The van der Waals surface area contributed by atoms with E-state index in [1.54, 1.807) is 6.92 Å². The van der Waals surface area contributed by atoms with Crippen molar-refractivity contribution in [3.8, 4) is 0 Å². The summed E-state index contributed by atoms with van der Waals surface area (Å²) < 4.78 is 37.7. The molecular weight excluding hydrogens is 314 g/mol. The summed E-state index contributed by atoms with van der Waals surface area (Å²) >= 11 is 0. The Balaban J connectivity index is 2.85. The molecule has 116 valence electrons. The van der Waals surface area contributed by atoms with Crippen molar-refractivity contribution in [1.82, 2.24) is 4.72 Å². The minimum atomic E-state index is -3.68. The van der Waals surface area contributed by atoms with Crippen molar-refractivity contribution in [2.24, 2.45) is 0 Å². The molecule has 21 heavy (non-hydrogen) atoms. The molecule has 2 N–H and O–H groups in total. The summed E-state index contributed by atoms with van der Waals surface area (Å²) in [6.07, 6.45) is 3.85. The van der Waals surface area contributed by atoms with Gasteiger partial charge >= 0.3 is 5.97 Å². The number of hydrogen-bond acceptors (Lipinski definition) is 4. The average molecular weight is 331 g/mol. The SMILES string of the molecule is CC(CS(C)=O)NS(=O)(=O)c1ccc(/C=C/C(=O)O)cc1. The molecule has 1 aromatic carbocycles. The third kappa shape index (κ3) is 6.19. The molecule has 0 spiro atoms. The minimum absolute atomic E-state index is 0.0729. The van der Waals surface area contributed by atoms with Crippen molar-refractivity contribution in [2.45, 2.75) is 17.9 Å². The number of carboxylic acid groups (broad SMARTS) is 1. The van der Waals surface area contributed by atoms with E-state index in [2.05, 4.69) is 4.72 Å². The topological polar surface area (TPSA) is 101 Å². The molecule has 2 unspecified atom stereocenters. The molecule has 2 atom stereocenters. The lowest BCUT2D eigenvalue weighted by atomic mass is 10.2. The largest absolute Gasteiger partial charge is 0.478 e. The van der Waals surface area contributed by atoms with Gasteiger partial charge in [0.15, 0.2) is 0 Å². The molecule has 6 nitrogen and oxygen atoms in total. The lowest BCUT2D eigenvalue weighted by molar-refractivity contribution is -0.131. The van der Waals surface area contributed by atoms with E-state index >= 15 is 0 Å². The number of aliphatic carboxylic acids is 1. The molecule has 0 radical (unpaired) electrons. The Labute approximate surface area is 126 Å². The van der Waals surface area contributed by atoms with Gasteiger partial charge in [0.05, 0.1) is 4.90 Å². The normalized spacial score (nSPS) is 15.0. The summed E-state index contributed by atoms with van der Waals surface area (Å²) in [4.78, 5) is 10.5. The molecule has 0 heterocycles. The molecule has 0 fully saturated rings. The van der Waals surface area contributed by atoms with Crippen LogP contribution in [0.5, 0.6) is 0 Å². The van der Waals surface area contributed by atoms with E-state index in [4.69, 9.17) is 5.11 Å². The Bertz CT molecular complexity index is 650. The molecule has 0 aliphatic heterocycles. The molecule has 0 aromatic heterocycles. The number of benzene rings is 1. The molecule has 0 amide bonds. The van der Waals surface area contributed by atoms with Crippen LogP contribution < -0.4 is 4.72 Å². The lowest BCUT2D eigenvalue weighted by Gasteiger charge is -2.13. The van der Waals surface area contributed by atoms with Crippen LogP contribution in [0.3, 0.4) is 0 Å². The summed E-state index contributed by atoms with van der Waals surface area (Å²) in [6, 6.07) is 5.36. The van der Waals surface area contributed by atoms with Crippen molar-refractivity contribution in [2.75, 3.05) is 12.0 Å². The molecule has 0 bridgehead atoms. The van der Waals surface area contributed by atoms with Gasteiger partial charge in [0, 0.05) is 34.9 Å². The number of nitrogens with one attached hydrogen (secondary N) is 1. The molecular formula is C13H17NO5S2. The monoisotopic (exact) mass is 331 g/mol. The smallest absolute Gasteiger partial charge is 0.328 e. The average Bonchev–Trinajstić information content (AvgIpc) is 2.35. The molecule has 1 rings (SSSR count). The van der Waals surface area contributed by atoms with Crippen molar-refractivity contribution in [1.29, 1.82) is 0 Å². The first-order valence-electron chi connectivity index (χ1n) is 6.04. The van der Waals surface area contributed by atoms with Crippen LogP contribution >= 0.6 is 0 Å². The van der Waals surface area contributed by atoms with Crippen LogP contribution in [-0.2, 0) is 25.6 Å². The Hall–Kier alpha value is -1.51. The summed E-state index contributed by atoms with van der Waals surface area (Å²) in [6.45, 7) is 1.64. The maximum Gasteiger partial charge on any atom is 0.328 e. The van der Waals surface area contributed by atoms with Crippen LogP contribution in [-0.4, -0.2) is 41.8 Å². The standard InChI is InChI=1S/C13H17NO5S2/c1-10(9-20(2)17)14-21(18,19)12-6-3-11(4-7-12)5-8-13(15)16/h3-8,10,14H,9H2,1-2H3,(H,15,16)/b8-5+. The van der Waals surface area contributed by atoms with Crippen molar-refractivity contribution >= 4 is 32.9 Å². The van der Waals surface area contributed by atoms with Crippen molar-refractivity contribution in [3.63, 3.8) is 0 Å². The number of rotatable bonds is 7. The first kappa shape index (κ1) is 17.5. The van der Waals surface area contributed by atoms with Gasteiger partial charge in [-0.25, -0.2) is 17.9 Å². The zero-order valence-electron chi connectivity index (χ0n) is 11.6. The van der Waals surface area contributed by atoms with Crippen molar-refractivity contribution < 1.29 is 22.5 Å². The van der Waals surface area contributed by atoms with Gasteiger partial charge in [-0.15, -0.1) is 0 Å². The molecule has 8 heteroatoms. The molecule has 0 aliphatic rings. The van der Waals surface area contributed by atoms with E-state index < -0.39 is 32.8 Å². The van der Waals surface area contributed by atoms with Gasteiger partial charge < -0.3 is 5.11 Å². The van der Waals surface area contributed by atoms with Gasteiger partial charge in [-0.2, -0.15) is 0 Å². The van der Waals surface area contributed by atoms with Crippen molar-refractivity contribution in [3.05, 3.63) is 35.9 Å². The van der Waals surface area contributed by atoms with Gasteiger partial charge in [-0.3, -0.25) is 4.21 Å². The van der Waals surface area contributed by atoms with Gasteiger partial charge in [-0.1, -0.05) is 12.1 Å². The highest BCUT2D eigenvalue weighted by Crippen LogP contribution is 2.12. The summed E-state index contributed by atoms with van der Waals surface area (Å²) in [5.74, 6) is -0.840. The summed E-state index contributed by atoms with van der Waals surface area (Å²) in [7, 11) is -4.77. The second-order valence-corrected chi connectivity index (χ2v) is 7.70. The van der Waals surface area contributed by atoms with Crippen LogP contribution in [0.15, 0.2) is 35.2 Å². The minimum Gasteiger partial charge on any atom is -0.478 e. The van der Waals surface area contributed by atoms with Gasteiger partial charge in [-0.05, 0) is 30.7 Å².